The molecule has 4 heteroatoms. The van der Waals surface area contributed by atoms with E-state index in [1.54, 1.807) is 7.11 Å². The van der Waals surface area contributed by atoms with E-state index in [0.717, 1.165) is 15.8 Å². The first-order valence-corrected chi connectivity index (χ1v) is 5.23. The Kier molecular flexibility index (Phi) is 4.22. The summed E-state index contributed by atoms with van der Waals surface area (Å²) in [6.45, 7) is 2.74. The summed E-state index contributed by atoms with van der Waals surface area (Å²) in [5.41, 5.74) is 7.42. The quantitative estimate of drug-likeness (QED) is 0.816. The molecule has 0 fully saturated rings. The highest BCUT2D eigenvalue weighted by Crippen LogP contribution is 2.25. The van der Waals surface area contributed by atoms with Gasteiger partial charge in [-0.25, -0.2) is 0 Å². The number of nitrogens with one attached hydrogen (secondary N) is 1. The van der Waals surface area contributed by atoms with E-state index >= 15 is 0 Å². The van der Waals surface area contributed by atoms with Crippen LogP contribution in [0.2, 0.25) is 0 Å². The average Bonchev–Trinajstić information content (AvgIpc) is 2.10. The number of nitrogen functional groups attached to an aromatic ring is 1. The minimum Gasteiger partial charge on any atom is -0.399 e. The van der Waals surface area contributed by atoms with Gasteiger partial charge in [0, 0.05) is 29.0 Å². The Morgan fingerprint density at radius 1 is 1.57 bits per heavy atom. The highest BCUT2D eigenvalue weighted by Gasteiger charge is 2.04. The molecule has 1 atom stereocenters. The zero-order chi connectivity index (χ0) is 10.6. The van der Waals surface area contributed by atoms with Crippen LogP contribution in [0, 0.1) is 0 Å². The lowest BCUT2D eigenvalue weighted by molar-refractivity contribution is 0.190. The number of methoxy groups -OCH3 is 1. The van der Waals surface area contributed by atoms with Gasteiger partial charge in [0.2, 0.25) is 0 Å². The molecular weight excluding hydrogens is 244 g/mol. The van der Waals surface area contributed by atoms with Crippen LogP contribution in [0.25, 0.3) is 0 Å². The Hall–Kier alpha value is -0.740. The van der Waals surface area contributed by atoms with Crippen LogP contribution in [-0.4, -0.2) is 19.8 Å². The van der Waals surface area contributed by atoms with Gasteiger partial charge in [0.1, 0.15) is 0 Å². The molecule has 1 rings (SSSR count). The minimum absolute atomic E-state index is 0.278. The maximum Gasteiger partial charge on any atom is 0.0661 e. The molecule has 0 bridgehead atoms. The Labute approximate surface area is 92.8 Å². The van der Waals surface area contributed by atoms with Crippen molar-refractivity contribution in [2.45, 2.75) is 13.0 Å². The van der Waals surface area contributed by atoms with Crippen molar-refractivity contribution < 1.29 is 4.74 Å². The molecular formula is C10H15BrN2O. The summed E-state index contributed by atoms with van der Waals surface area (Å²) >= 11 is 3.44. The van der Waals surface area contributed by atoms with Crippen LogP contribution in [0.4, 0.5) is 11.4 Å². The summed E-state index contributed by atoms with van der Waals surface area (Å²) in [5.74, 6) is 0. The molecule has 1 aromatic rings. The van der Waals surface area contributed by atoms with Crippen molar-refractivity contribution in [1.29, 1.82) is 0 Å². The Morgan fingerprint density at radius 3 is 2.86 bits per heavy atom. The number of rotatable bonds is 4. The fraction of sp³-hybridized carbons (Fsp3) is 0.400. The number of hydrogen-bond acceptors (Lipinski definition) is 3. The first-order valence-electron chi connectivity index (χ1n) is 4.44. The van der Waals surface area contributed by atoms with Gasteiger partial charge in [0.25, 0.3) is 0 Å². The second kappa shape index (κ2) is 5.22. The molecule has 0 aliphatic heterocycles. The second-order valence-electron chi connectivity index (χ2n) is 3.24. The van der Waals surface area contributed by atoms with Crippen molar-refractivity contribution >= 4 is 27.3 Å². The maximum atomic E-state index is 5.63. The van der Waals surface area contributed by atoms with E-state index in [1.165, 1.54) is 0 Å². The molecule has 0 aliphatic rings. The fourth-order valence-electron chi connectivity index (χ4n) is 1.21. The highest BCUT2D eigenvalue weighted by atomic mass is 79.9. The van der Waals surface area contributed by atoms with Gasteiger partial charge in [-0.3, -0.25) is 0 Å². The summed E-state index contributed by atoms with van der Waals surface area (Å²) in [5, 5.41) is 3.31. The molecule has 0 heterocycles. The van der Waals surface area contributed by atoms with Crippen LogP contribution in [-0.2, 0) is 4.74 Å². The molecule has 0 aliphatic carbocycles. The van der Waals surface area contributed by atoms with E-state index in [4.69, 9.17) is 10.5 Å². The van der Waals surface area contributed by atoms with Crippen LogP contribution < -0.4 is 11.1 Å². The number of hydrogen-bond donors (Lipinski definition) is 2. The zero-order valence-corrected chi connectivity index (χ0v) is 9.97. The van der Waals surface area contributed by atoms with Crippen molar-refractivity contribution in [3.05, 3.63) is 22.7 Å². The van der Waals surface area contributed by atoms with Gasteiger partial charge < -0.3 is 15.8 Å². The first kappa shape index (κ1) is 11.3. The Balaban J connectivity index is 2.67. The lowest BCUT2D eigenvalue weighted by Gasteiger charge is -2.15. The average molecular weight is 259 g/mol. The SMILES string of the molecule is COCC(C)Nc1ccc(N)cc1Br. The third-order valence-electron chi connectivity index (χ3n) is 1.81. The first-order chi connectivity index (χ1) is 6.63. The molecule has 0 aromatic heterocycles. The van der Waals surface area contributed by atoms with E-state index < -0.39 is 0 Å². The van der Waals surface area contributed by atoms with Crippen LogP contribution >= 0.6 is 15.9 Å². The summed E-state index contributed by atoms with van der Waals surface area (Å²) < 4.78 is 6.01. The van der Waals surface area contributed by atoms with E-state index in [1.807, 2.05) is 18.2 Å². The normalized spacial score (nSPS) is 12.5. The van der Waals surface area contributed by atoms with Gasteiger partial charge in [-0.2, -0.15) is 0 Å². The number of benzene rings is 1. The van der Waals surface area contributed by atoms with Crippen LogP contribution in [0.5, 0.6) is 0 Å². The van der Waals surface area contributed by atoms with Gasteiger partial charge in [0.05, 0.1) is 6.61 Å². The van der Waals surface area contributed by atoms with Crippen molar-refractivity contribution in [3.8, 4) is 0 Å². The molecule has 0 amide bonds. The van der Waals surface area contributed by atoms with Crippen LogP contribution in [0.15, 0.2) is 22.7 Å². The van der Waals surface area contributed by atoms with E-state index in [-0.39, 0.29) is 6.04 Å². The minimum atomic E-state index is 0.278. The molecule has 78 valence electrons. The maximum absolute atomic E-state index is 5.63. The van der Waals surface area contributed by atoms with Gasteiger partial charge in [-0.05, 0) is 41.1 Å². The predicted molar refractivity (Wildman–Crippen MR) is 63.5 cm³/mol. The van der Waals surface area contributed by atoms with Crippen molar-refractivity contribution in [3.63, 3.8) is 0 Å². The second-order valence-corrected chi connectivity index (χ2v) is 4.09. The third kappa shape index (κ3) is 3.20. The van der Waals surface area contributed by atoms with Crippen molar-refractivity contribution in [1.82, 2.24) is 0 Å². The zero-order valence-electron chi connectivity index (χ0n) is 8.38. The number of ether oxygens (including phenoxy) is 1. The number of halogens is 1. The predicted octanol–water partition coefficient (Wildman–Crippen LogP) is 2.48. The van der Waals surface area contributed by atoms with Gasteiger partial charge in [-0.15, -0.1) is 0 Å². The van der Waals surface area contributed by atoms with E-state index in [9.17, 15) is 0 Å². The number of nitrogens with two attached hydrogens (primary N) is 1. The monoisotopic (exact) mass is 258 g/mol. The largest absolute Gasteiger partial charge is 0.399 e. The lowest BCUT2D eigenvalue weighted by Crippen LogP contribution is -2.20. The van der Waals surface area contributed by atoms with Crippen LogP contribution in [0.3, 0.4) is 0 Å². The Bertz CT molecular complexity index is 304. The summed E-state index contributed by atoms with van der Waals surface area (Å²) in [6, 6.07) is 5.97. The summed E-state index contributed by atoms with van der Waals surface area (Å²) in [4.78, 5) is 0. The molecule has 14 heavy (non-hydrogen) atoms. The molecule has 0 saturated heterocycles. The summed E-state index contributed by atoms with van der Waals surface area (Å²) in [6.07, 6.45) is 0. The van der Waals surface area contributed by atoms with Crippen LogP contribution in [0.1, 0.15) is 6.92 Å². The van der Waals surface area contributed by atoms with E-state index in [2.05, 4.69) is 28.2 Å². The molecule has 0 radical (unpaired) electrons. The Morgan fingerprint density at radius 2 is 2.29 bits per heavy atom. The molecule has 0 spiro atoms. The van der Waals surface area contributed by atoms with Gasteiger partial charge in [0.15, 0.2) is 0 Å². The van der Waals surface area contributed by atoms with Crippen molar-refractivity contribution in [2.24, 2.45) is 0 Å². The summed E-state index contributed by atoms with van der Waals surface area (Å²) in [7, 11) is 1.69. The molecule has 1 unspecified atom stereocenters. The molecule has 0 saturated carbocycles. The van der Waals surface area contributed by atoms with E-state index in [0.29, 0.717) is 6.61 Å². The third-order valence-corrected chi connectivity index (χ3v) is 2.47. The molecule has 3 nitrogen and oxygen atoms in total. The highest BCUT2D eigenvalue weighted by molar-refractivity contribution is 9.10. The van der Waals surface area contributed by atoms with Crippen molar-refractivity contribution in [2.75, 3.05) is 24.8 Å². The number of anilines is 2. The molecule has 3 N–H and O–H groups in total. The standard InChI is InChI=1S/C10H15BrN2O/c1-7(6-14-2)13-10-4-3-8(12)5-9(10)11/h3-5,7,13H,6,12H2,1-2H3. The molecule has 1 aromatic carbocycles. The lowest BCUT2D eigenvalue weighted by atomic mass is 10.2. The van der Waals surface area contributed by atoms with Gasteiger partial charge >= 0.3 is 0 Å². The smallest absolute Gasteiger partial charge is 0.0661 e. The topological polar surface area (TPSA) is 47.3 Å². The fourth-order valence-corrected chi connectivity index (χ4v) is 1.72. The van der Waals surface area contributed by atoms with Gasteiger partial charge in [-0.1, -0.05) is 0 Å².